The van der Waals surface area contributed by atoms with Gasteiger partial charge in [-0.15, -0.1) is 10.2 Å². The third kappa shape index (κ3) is 4.83. The van der Waals surface area contributed by atoms with Gasteiger partial charge in [-0.05, 0) is 62.4 Å². The standard InChI is InChI=1S/C21H22N4O3S/c1-13(26)15-5-9-17(10-6-15)22-20(27)14(2)29-21-24-23-19(25(21)3)16-7-11-18(28-4)12-8-16/h5-12,14H,1-4H3,(H,22,27). The third-order valence-corrected chi connectivity index (χ3v) is 5.53. The molecular formula is C21H22N4O3S. The van der Waals surface area contributed by atoms with Gasteiger partial charge in [0.2, 0.25) is 5.91 Å². The van der Waals surface area contributed by atoms with E-state index >= 15 is 0 Å². The van der Waals surface area contributed by atoms with E-state index in [1.807, 2.05) is 42.8 Å². The maximum Gasteiger partial charge on any atom is 0.237 e. The summed E-state index contributed by atoms with van der Waals surface area (Å²) in [5.74, 6) is 1.32. The number of nitrogens with one attached hydrogen (secondary N) is 1. The molecule has 1 aromatic heterocycles. The van der Waals surface area contributed by atoms with Gasteiger partial charge in [0, 0.05) is 23.9 Å². The minimum atomic E-state index is -0.380. The fourth-order valence-electron chi connectivity index (χ4n) is 2.65. The van der Waals surface area contributed by atoms with Gasteiger partial charge in [-0.3, -0.25) is 9.59 Å². The summed E-state index contributed by atoms with van der Waals surface area (Å²) in [6.07, 6.45) is 0. The van der Waals surface area contributed by atoms with E-state index in [0.717, 1.165) is 11.3 Å². The van der Waals surface area contributed by atoms with Crippen LogP contribution in [0.3, 0.4) is 0 Å². The number of anilines is 1. The van der Waals surface area contributed by atoms with Crippen molar-refractivity contribution in [2.75, 3.05) is 12.4 Å². The molecule has 1 unspecified atom stereocenters. The predicted octanol–water partition coefficient (Wildman–Crippen LogP) is 3.81. The Bertz CT molecular complexity index is 1010. The summed E-state index contributed by atoms with van der Waals surface area (Å²) in [5, 5.41) is 11.6. The van der Waals surface area contributed by atoms with Crippen LogP contribution in [0.5, 0.6) is 5.75 Å². The van der Waals surface area contributed by atoms with Crippen molar-refractivity contribution in [2.24, 2.45) is 7.05 Å². The molecule has 0 bridgehead atoms. The Morgan fingerprint density at radius 3 is 2.31 bits per heavy atom. The number of carbonyl (C=O) groups excluding carboxylic acids is 2. The number of hydrogen-bond donors (Lipinski definition) is 1. The van der Waals surface area contributed by atoms with E-state index < -0.39 is 0 Å². The van der Waals surface area contributed by atoms with E-state index in [4.69, 9.17) is 4.74 Å². The lowest BCUT2D eigenvalue weighted by molar-refractivity contribution is -0.115. The number of nitrogens with zero attached hydrogens (tertiary/aromatic N) is 3. The quantitative estimate of drug-likeness (QED) is 0.471. The van der Waals surface area contributed by atoms with E-state index in [1.165, 1.54) is 18.7 Å². The first-order chi connectivity index (χ1) is 13.9. The van der Waals surface area contributed by atoms with Crippen molar-refractivity contribution in [2.45, 2.75) is 24.3 Å². The summed E-state index contributed by atoms with van der Waals surface area (Å²) in [4.78, 5) is 23.9. The Hall–Kier alpha value is -3.13. The monoisotopic (exact) mass is 410 g/mol. The van der Waals surface area contributed by atoms with Crippen molar-refractivity contribution in [3.05, 3.63) is 54.1 Å². The molecule has 0 radical (unpaired) electrons. The molecule has 0 spiro atoms. The van der Waals surface area contributed by atoms with Gasteiger partial charge in [-0.1, -0.05) is 11.8 Å². The highest BCUT2D eigenvalue weighted by molar-refractivity contribution is 8.00. The normalized spacial score (nSPS) is 11.7. The van der Waals surface area contributed by atoms with Crippen LogP contribution in [0, 0.1) is 0 Å². The van der Waals surface area contributed by atoms with E-state index in [0.29, 0.717) is 22.2 Å². The molecule has 0 aliphatic rings. The summed E-state index contributed by atoms with van der Waals surface area (Å²) < 4.78 is 7.04. The maximum atomic E-state index is 12.5. The second-order valence-electron chi connectivity index (χ2n) is 6.48. The fraction of sp³-hybridized carbons (Fsp3) is 0.238. The Balaban J connectivity index is 1.66. The van der Waals surface area contributed by atoms with Gasteiger partial charge in [0.05, 0.1) is 12.4 Å². The van der Waals surface area contributed by atoms with Crippen LogP contribution in [-0.2, 0) is 11.8 Å². The van der Waals surface area contributed by atoms with Crippen molar-refractivity contribution < 1.29 is 14.3 Å². The Labute approximate surface area is 173 Å². The zero-order chi connectivity index (χ0) is 21.0. The molecule has 2 aromatic carbocycles. The largest absolute Gasteiger partial charge is 0.497 e. The first-order valence-electron chi connectivity index (χ1n) is 9.01. The Morgan fingerprint density at radius 1 is 1.07 bits per heavy atom. The second kappa shape index (κ2) is 8.91. The average molecular weight is 410 g/mol. The lowest BCUT2D eigenvalue weighted by Crippen LogP contribution is -2.22. The number of hydrogen-bond acceptors (Lipinski definition) is 6. The van der Waals surface area contributed by atoms with Crippen molar-refractivity contribution in [1.82, 2.24) is 14.8 Å². The molecule has 0 saturated carbocycles. The molecule has 1 atom stereocenters. The molecule has 1 heterocycles. The first kappa shape index (κ1) is 20.6. The number of methoxy groups -OCH3 is 1. The Morgan fingerprint density at radius 2 is 1.72 bits per heavy atom. The van der Waals surface area contributed by atoms with Crippen molar-refractivity contribution >= 4 is 29.1 Å². The van der Waals surface area contributed by atoms with E-state index in [-0.39, 0.29) is 16.9 Å². The number of thioether (sulfide) groups is 1. The highest BCUT2D eigenvalue weighted by Gasteiger charge is 2.19. The first-order valence-corrected chi connectivity index (χ1v) is 9.89. The van der Waals surface area contributed by atoms with Crippen LogP contribution in [-0.4, -0.2) is 38.8 Å². The van der Waals surface area contributed by atoms with Crippen molar-refractivity contribution in [3.63, 3.8) is 0 Å². The number of ketones is 1. The summed E-state index contributed by atoms with van der Waals surface area (Å²) in [7, 11) is 3.49. The summed E-state index contributed by atoms with van der Waals surface area (Å²) in [5.41, 5.74) is 2.16. The number of amides is 1. The average Bonchev–Trinajstić information content (AvgIpc) is 3.08. The number of benzene rings is 2. The number of rotatable bonds is 7. The van der Waals surface area contributed by atoms with Crippen LogP contribution in [0.1, 0.15) is 24.2 Å². The minimum Gasteiger partial charge on any atom is -0.497 e. The predicted molar refractivity (Wildman–Crippen MR) is 113 cm³/mol. The Kier molecular flexibility index (Phi) is 6.33. The van der Waals surface area contributed by atoms with E-state index in [1.54, 1.807) is 31.4 Å². The molecule has 3 aromatic rings. The van der Waals surface area contributed by atoms with Gasteiger partial charge in [0.15, 0.2) is 16.8 Å². The summed E-state index contributed by atoms with van der Waals surface area (Å²) >= 11 is 1.33. The molecular weight excluding hydrogens is 388 g/mol. The fourth-order valence-corrected chi connectivity index (χ4v) is 3.47. The van der Waals surface area contributed by atoms with Crippen molar-refractivity contribution in [3.8, 4) is 17.1 Å². The van der Waals surface area contributed by atoms with Gasteiger partial charge in [0.25, 0.3) is 0 Å². The number of ether oxygens (including phenoxy) is 1. The maximum absolute atomic E-state index is 12.5. The summed E-state index contributed by atoms with van der Waals surface area (Å²) in [6, 6.07) is 14.4. The second-order valence-corrected chi connectivity index (χ2v) is 7.78. The number of aromatic nitrogens is 3. The zero-order valence-corrected chi connectivity index (χ0v) is 17.5. The molecule has 3 rings (SSSR count). The molecule has 1 N–H and O–H groups in total. The van der Waals surface area contributed by atoms with Crippen LogP contribution < -0.4 is 10.1 Å². The minimum absolute atomic E-state index is 0.0123. The lowest BCUT2D eigenvalue weighted by atomic mass is 10.1. The molecule has 0 aliphatic carbocycles. The molecule has 0 fully saturated rings. The third-order valence-electron chi connectivity index (χ3n) is 4.39. The number of carbonyl (C=O) groups is 2. The van der Waals surface area contributed by atoms with E-state index in [9.17, 15) is 9.59 Å². The van der Waals surface area contributed by atoms with Crippen LogP contribution in [0.15, 0.2) is 53.7 Å². The van der Waals surface area contributed by atoms with Gasteiger partial charge in [-0.25, -0.2) is 0 Å². The topological polar surface area (TPSA) is 86.1 Å². The zero-order valence-electron chi connectivity index (χ0n) is 16.7. The van der Waals surface area contributed by atoms with Crippen molar-refractivity contribution in [1.29, 1.82) is 0 Å². The molecule has 7 nitrogen and oxygen atoms in total. The highest BCUT2D eigenvalue weighted by Crippen LogP contribution is 2.27. The van der Waals surface area contributed by atoms with Gasteiger partial charge in [0.1, 0.15) is 5.75 Å². The molecule has 29 heavy (non-hydrogen) atoms. The van der Waals surface area contributed by atoms with Gasteiger partial charge < -0.3 is 14.6 Å². The smallest absolute Gasteiger partial charge is 0.237 e. The molecule has 0 saturated heterocycles. The van der Waals surface area contributed by atoms with Crippen LogP contribution in [0.2, 0.25) is 0 Å². The molecule has 150 valence electrons. The summed E-state index contributed by atoms with van der Waals surface area (Å²) in [6.45, 7) is 3.32. The van der Waals surface area contributed by atoms with Crippen LogP contribution in [0.4, 0.5) is 5.69 Å². The highest BCUT2D eigenvalue weighted by atomic mass is 32.2. The van der Waals surface area contributed by atoms with E-state index in [2.05, 4.69) is 15.5 Å². The molecule has 1 amide bonds. The SMILES string of the molecule is COc1ccc(-c2nnc(SC(C)C(=O)Nc3ccc(C(C)=O)cc3)n2C)cc1. The van der Waals surface area contributed by atoms with Crippen LogP contribution in [0.25, 0.3) is 11.4 Å². The number of Topliss-reactive ketones (excluding diaryl/α,β-unsaturated/α-hetero) is 1. The molecule has 0 aliphatic heterocycles. The van der Waals surface area contributed by atoms with Crippen LogP contribution >= 0.6 is 11.8 Å². The van der Waals surface area contributed by atoms with Gasteiger partial charge in [-0.2, -0.15) is 0 Å². The van der Waals surface area contributed by atoms with Gasteiger partial charge >= 0.3 is 0 Å². The lowest BCUT2D eigenvalue weighted by Gasteiger charge is -2.12. The molecule has 8 heteroatoms.